The lowest BCUT2D eigenvalue weighted by Crippen LogP contribution is -2.27. The fourth-order valence-corrected chi connectivity index (χ4v) is 3.10. The zero-order valence-corrected chi connectivity index (χ0v) is 12.9. The van der Waals surface area contributed by atoms with E-state index >= 15 is 0 Å². The van der Waals surface area contributed by atoms with Crippen LogP contribution in [0.2, 0.25) is 0 Å². The van der Waals surface area contributed by atoms with Crippen molar-refractivity contribution in [2.24, 2.45) is 7.05 Å². The van der Waals surface area contributed by atoms with E-state index in [1.54, 1.807) is 18.5 Å². The molecule has 8 heteroatoms. The molecule has 0 unspecified atom stereocenters. The van der Waals surface area contributed by atoms with Gasteiger partial charge in [0, 0.05) is 51.3 Å². The van der Waals surface area contributed by atoms with Gasteiger partial charge in [0.05, 0.1) is 5.69 Å². The molecule has 0 saturated carbocycles. The average molecular weight is 309 g/mol. The van der Waals surface area contributed by atoms with Gasteiger partial charge in [-0.25, -0.2) is 18.1 Å². The fraction of sp³-hybridized carbons (Fsp3) is 0.385. The van der Waals surface area contributed by atoms with Crippen LogP contribution in [0.15, 0.2) is 35.7 Å². The Kier molecular flexibility index (Phi) is 4.92. The predicted octanol–water partition coefficient (Wildman–Crippen LogP) is 0.768. The maximum Gasteiger partial charge on any atom is 0.244 e. The van der Waals surface area contributed by atoms with Gasteiger partial charge in [-0.1, -0.05) is 0 Å². The third kappa shape index (κ3) is 3.79. The molecule has 0 saturated heterocycles. The monoisotopic (exact) mass is 309 g/mol. The molecule has 0 radical (unpaired) electrons. The van der Waals surface area contributed by atoms with E-state index in [4.69, 9.17) is 0 Å². The zero-order chi connectivity index (χ0) is 15.3. The molecule has 0 amide bonds. The summed E-state index contributed by atoms with van der Waals surface area (Å²) in [5, 5.41) is 3.02. The number of aryl methyl sites for hydroxylation is 1. The molecule has 0 aromatic carbocycles. The second kappa shape index (κ2) is 6.68. The molecule has 2 rings (SSSR count). The quantitative estimate of drug-likeness (QED) is 0.788. The number of hydrogen-bond donors (Lipinski definition) is 2. The number of rotatable bonds is 7. The Morgan fingerprint density at radius 3 is 2.81 bits per heavy atom. The molecule has 0 aliphatic heterocycles. The summed E-state index contributed by atoms with van der Waals surface area (Å²) in [4.78, 5) is 8.21. The van der Waals surface area contributed by atoms with Crippen LogP contribution in [0, 0.1) is 0 Å². The van der Waals surface area contributed by atoms with E-state index in [9.17, 15) is 8.42 Å². The highest BCUT2D eigenvalue weighted by Crippen LogP contribution is 2.18. The number of sulfonamides is 1. The molecule has 0 aliphatic rings. The van der Waals surface area contributed by atoms with Crippen LogP contribution >= 0.6 is 0 Å². The Labute approximate surface area is 124 Å². The Bertz CT molecular complexity index is 696. The fourth-order valence-electron chi connectivity index (χ4n) is 1.94. The number of imidazole rings is 1. The van der Waals surface area contributed by atoms with Crippen LogP contribution in [0.4, 0.5) is 5.69 Å². The highest BCUT2D eigenvalue weighted by molar-refractivity contribution is 7.89. The topological polar surface area (TPSA) is 88.9 Å². The van der Waals surface area contributed by atoms with Gasteiger partial charge in [-0.2, -0.15) is 0 Å². The Morgan fingerprint density at radius 1 is 1.33 bits per heavy atom. The second-order valence-electron chi connectivity index (χ2n) is 4.50. The molecule has 0 spiro atoms. The molecule has 2 heterocycles. The first kappa shape index (κ1) is 15.5. The molecule has 0 fully saturated rings. The summed E-state index contributed by atoms with van der Waals surface area (Å²) < 4.78 is 29.1. The van der Waals surface area contributed by atoms with Gasteiger partial charge in [-0.3, -0.25) is 4.98 Å². The van der Waals surface area contributed by atoms with Gasteiger partial charge in [0.1, 0.15) is 10.7 Å². The van der Waals surface area contributed by atoms with Crippen molar-refractivity contribution in [1.82, 2.24) is 19.3 Å². The van der Waals surface area contributed by atoms with Crippen LogP contribution in [0.25, 0.3) is 0 Å². The molecular weight excluding hydrogens is 290 g/mol. The zero-order valence-electron chi connectivity index (χ0n) is 12.1. The van der Waals surface area contributed by atoms with E-state index in [1.807, 2.05) is 24.7 Å². The lowest BCUT2D eigenvalue weighted by atomic mass is 10.4. The Balaban J connectivity index is 2.07. The van der Waals surface area contributed by atoms with Crippen LogP contribution in [0.3, 0.4) is 0 Å². The molecular formula is C13H19N5O2S. The summed E-state index contributed by atoms with van der Waals surface area (Å²) in [5.41, 5.74) is 0.553. The summed E-state index contributed by atoms with van der Waals surface area (Å²) in [7, 11) is -1.72. The summed E-state index contributed by atoms with van der Waals surface area (Å²) in [6, 6.07) is 1.65. The van der Waals surface area contributed by atoms with E-state index in [1.165, 1.54) is 6.20 Å². The van der Waals surface area contributed by atoms with Gasteiger partial charge in [-0.05, 0) is 13.0 Å². The minimum atomic E-state index is -3.59. The average Bonchev–Trinajstić information content (AvgIpc) is 2.85. The van der Waals surface area contributed by atoms with Crippen LogP contribution < -0.4 is 10.0 Å². The molecule has 0 bridgehead atoms. The van der Waals surface area contributed by atoms with E-state index in [-0.39, 0.29) is 11.4 Å². The van der Waals surface area contributed by atoms with Crippen LogP contribution in [0.1, 0.15) is 12.7 Å². The van der Waals surface area contributed by atoms with E-state index in [0.29, 0.717) is 18.7 Å². The van der Waals surface area contributed by atoms with Gasteiger partial charge >= 0.3 is 0 Å². The lowest BCUT2D eigenvalue weighted by molar-refractivity contribution is 0.580. The minimum absolute atomic E-state index is 0.159. The third-order valence-corrected chi connectivity index (χ3v) is 4.49. The largest absolute Gasteiger partial charge is 0.384 e. The smallest absolute Gasteiger partial charge is 0.244 e. The second-order valence-corrected chi connectivity index (χ2v) is 6.24. The van der Waals surface area contributed by atoms with E-state index in [0.717, 1.165) is 5.82 Å². The maximum absolute atomic E-state index is 12.3. The molecule has 2 aromatic rings. The lowest BCUT2D eigenvalue weighted by Gasteiger charge is -2.11. The van der Waals surface area contributed by atoms with E-state index in [2.05, 4.69) is 20.0 Å². The maximum atomic E-state index is 12.3. The number of aromatic nitrogens is 3. The van der Waals surface area contributed by atoms with Crippen molar-refractivity contribution < 1.29 is 8.42 Å². The highest BCUT2D eigenvalue weighted by atomic mass is 32.2. The number of pyridine rings is 1. The first-order chi connectivity index (χ1) is 10.0. The SMILES string of the molecule is CCNc1ccncc1S(=O)(=O)NCCc1nccn1C. The van der Waals surface area contributed by atoms with Crippen LogP contribution in [-0.2, 0) is 23.5 Å². The number of nitrogens with zero attached hydrogens (tertiary/aromatic N) is 3. The molecule has 114 valence electrons. The van der Waals surface area contributed by atoms with Crippen LogP contribution in [0.5, 0.6) is 0 Å². The Morgan fingerprint density at radius 2 is 2.14 bits per heavy atom. The summed E-state index contributed by atoms with van der Waals surface area (Å²) in [5.74, 6) is 0.829. The molecule has 2 N–H and O–H groups in total. The van der Waals surface area contributed by atoms with Crippen molar-refractivity contribution in [2.45, 2.75) is 18.2 Å². The summed E-state index contributed by atoms with van der Waals surface area (Å²) in [6.45, 7) is 2.83. The van der Waals surface area contributed by atoms with Crippen molar-refractivity contribution in [1.29, 1.82) is 0 Å². The van der Waals surface area contributed by atoms with Crippen molar-refractivity contribution in [3.8, 4) is 0 Å². The summed E-state index contributed by atoms with van der Waals surface area (Å²) in [6.07, 6.45) is 6.95. The summed E-state index contributed by atoms with van der Waals surface area (Å²) >= 11 is 0. The van der Waals surface area contributed by atoms with Crippen LogP contribution in [-0.4, -0.2) is 36.0 Å². The molecule has 0 aliphatic carbocycles. The number of anilines is 1. The standard InChI is InChI=1S/C13H19N5O2S/c1-3-15-11-4-6-14-10-12(11)21(19,20)17-7-5-13-16-8-9-18(13)2/h4,6,8-10,17H,3,5,7H2,1-2H3,(H,14,15). The first-order valence-electron chi connectivity index (χ1n) is 6.68. The molecule has 7 nitrogen and oxygen atoms in total. The number of hydrogen-bond acceptors (Lipinski definition) is 5. The first-order valence-corrected chi connectivity index (χ1v) is 8.16. The minimum Gasteiger partial charge on any atom is -0.384 e. The van der Waals surface area contributed by atoms with Gasteiger partial charge in [0.25, 0.3) is 0 Å². The molecule has 21 heavy (non-hydrogen) atoms. The Hall–Kier alpha value is -1.93. The van der Waals surface area contributed by atoms with Gasteiger partial charge in [0.15, 0.2) is 0 Å². The van der Waals surface area contributed by atoms with Gasteiger partial charge in [0.2, 0.25) is 10.0 Å². The van der Waals surface area contributed by atoms with Crippen molar-refractivity contribution in [2.75, 3.05) is 18.4 Å². The van der Waals surface area contributed by atoms with Crippen molar-refractivity contribution >= 4 is 15.7 Å². The number of nitrogens with one attached hydrogen (secondary N) is 2. The highest BCUT2D eigenvalue weighted by Gasteiger charge is 2.18. The predicted molar refractivity (Wildman–Crippen MR) is 80.5 cm³/mol. The van der Waals surface area contributed by atoms with Gasteiger partial charge in [-0.15, -0.1) is 0 Å². The van der Waals surface area contributed by atoms with Crippen molar-refractivity contribution in [3.05, 3.63) is 36.7 Å². The van der Waals surface area contributed by atoms with Crippen molar-refractivity contribution in [3.63, 3.8) is 0 Å². The molecule has 0 atom stereocenters. The third-order valence-electron chi connectivity index (χ3n) is 3.00. The van der Waals surface area contributed by atoms with E-state index < -0.39 is 10.0 Å². The molecule has 2 aromatic heterocycles. The van der Waals surface area contributed by atoms with Gasteiger partial charge < -0.3 is 9.88 Å². The normalized spacial score (nSPS) is 11.5.